The van der Waals surface area contributed by atoms with Crippen molar-refractivity contribution >= 4 is 29.0 Å². The monoisotopic (exact) mass is 464 g/mol. The smallest absolute Gasteiger partial charge is 0.326 e. The summed E-state index contributed by atoms with van der Waals surface area (Å²) in [6.45, 7) is 4.03. The summed E-state index contributed by atoms with van der Waals surface area (Å²) in [6.07, 6.45) is 0.401. The fourth-order valence-electron chi connectivity index (χ4n) is 3.29. The molecule has 9 heteroatoms. The van der Waals surface area contributed by atoms with Crippen molar-refractivity contribution in [2.45, 2.75) is 20.3 Å². The van der Waals surface area contributed by atoms with Crippen LogP contribution in [0, 0.1) is 29.8 Å². The van der Waals surface area contributed by atoms with E-state index in [0.717, 1.165) is 5.56 Å². The number of aryl methyl sites for hydroxylation is 2. The fourth-order valence-corrected chi connectivity index (χ4v) is 3.29. The Morgan fingerprint density at radius 3 is 2.32 bits per heavy atom. The summed E-state index contributed by atoms with van der Waals surface area (Å²) < 4.78 is 13.4. The number of hydrogen-bond donors (Lipinski definition) is 2. The lowest BCUT2D eigenvalue weighted by Crippen LogP contribution is -2.37. The number of halogens is 1. The summed E-state index contributed by atoms with van der Waals surface area (Å²) >= 11 is 0. The van der Waals surface area contributed by atoms with Gasteiger partial charge in [0.2, 0.25) is 0 Å². The second-order valence-corrected chi connectivity index (χ2v) is 7.79. The van der Waals surface area contributed by atoms with E-state index in [9.17, 15) is 24.1 Å². The summed E-state index contributed by atoms with van der Waals surface area (Å²) in [4.78, 5) is 37.4. The van der Waals surface area contributed by atoms with Crippen LogP contribution in [0.2, 0.25) is 0 Å². The number of hydrogen-bond acceptors (Lipinski definition) is 4. The minimum atomic E-state index is -0.528. The van der Waals surface area contributed by atoms with E-state index in [0.29, 0.717) is 23.4 Å². The lowest BCUT2D eigenvalue weighted by molar-refractivity contribution is -0.385. The molecular formula is C25H25FN4O4. The molecule has 0 saturated carbocycles. The number of nitro benzene ring substituents is 1. The molecule has 2 N–H and O–H groups in total. The molecule has 0 aliphatic rings. The van der Waals surface area contributed by atoms with Crippen molar-refractivity contribution in [3.8, 4) is 0 Å². The Bertz CT molecular complexity index is 1180. The number of anilines is 2. The van der Waals surface area contributed by atoms with Crippen molar-refractivity contribution in [1.82, 2.24) is 5.32 Å². The number of nitro groups is 1. The van der Waals surface area contributed by atoms with Gasteiger partial charge in [-0.25, -0.2) is 9.18 Å². The largest absolute Gasteiger partial charge is 0.352 e. The highest BCUT2D eigenvalue weighted by molar-refractivity contribution is 6.01. The van der Waals surface area contributed by atoms with E-state index in [1.165, 1.54) is 47.4 Å². The van der Waals surface area contributed by atoms with Crippen molar-refractivity contribution in [3.05, 3.63) is 99.4 Å². The van der Waals surface area contributed by atoms with Crippen molar-refractivity contribution in [2.24, 2.45) is 0 Å². The number of carbonyl (C=O) groups excluding carboxylic acids is 2. The highest BCUT2D eigenvalue weighted by Crippen LogP contribution is 2.20. The molecule has 3 aromatic carbocycles. The molecule has 0 aliphatic carbocycles. The average Bonchev–Trinajstić information content (AvgIpc) is 2.81. The molecule has 3 aromatic rings. The van der Waals surface area contributed by atoms with Gasteiger partial charge in [0.15, 0.2) is 0 Å². The van der Waals surface area contributed by atoms with E-state index in [2.05, 4.69) is 10.6 Å². The first-order valence-electron chi connectivity index (χ1n) is 10.7. The SMILES string of the molecule is Cc1ccc(NC(=O)N(CCCNC(=O)c2ccc(C)c([N+](=O)[O-])c2)c2ccc(F)cc2)cc1. The quantitative estimate of drug-likeness (QED) is 0.271. The molecule has 3 rings (SSSR count). The van der Waals surface area contributed by atoms with E-state index in [1.54, 1.807) is 19.1 Å². The molecule has 0 unspecified atom stereocenters. The van der Waals surface area contributed by atoms with Gasteiger partial charge in [-0.3, -0.25) is 19.8 Å². The lowest BCUT2D eigenvalue weighted by atomic mass is 10.1. The van der Waals surface area contributed by atoms with E-state index in [-0.39, 0.29) is 24.3 Å². The molecule has 0 spiro atoms. The average molecular weight is 464 g/mol. The molecule has 0 atom stereocenters. The van der Waals surface area contributed by atoms with E-state index < -0.39 is 22.7 Å². The van der Waals surface area contributed by atoms with Crippen LogP contribution in [0.4, 0.5) is 26.2 Å². The molecule has 0 heterocycles. The predicted molar refractivity (Wildman–Crippen MR) is 129 cm³/mol. The molecule has 0 aromatic heterocycles. The zero-order valence-corrected chi connectivity index (χ0v) is 18.9. The number of rotatable bonds is 8. The molecule has 0 saturated heterocycles. The van der Waals surface area contributed by atoms with Crippen molar-refractivity contribution in [2.75, 3.05) is 23.3 Å². The van der Waals surface area contributed by atoms with E-state index in [4.69, 9.17) is 0 Å². The summed E-state index contributed by atoms with van der Waals surface area (Å²) in [5.74, 6) is -0.859. The predicted octanol–water partition coefficient (Wildman–Crippen LogP) is 5.21. The van der Waals surface area contributed by atoms with E-state index >= 15 is 0 Å². The first kappa shape index (κ1) is 24.4. The van der Waals surface area contributed by atoms with Gasteiger partial charge in [-0.2, -0.15) is 0 Å². The molecule has 0 fully saturated rings. The molecule has 0 bridgehead atoms. The standard InChI is InChI=1S/C25H25FN4O4/c1-17-4-10-21(11-5-17)28-25(32)29(22-12-8-20(26)9-13-22)15-3-14-27-24(31)19-7-6-18(2)23(16-19)30(33)34/h4-13,16H,3,14-15H2,1-2H3,(H,27,31)(H,28,32). The van der Waals surface area contributed by atoms with Crippen LogP contribution in [0.15, 0.2) is 66.7 Å². The van der Waals surface area contributed by atoms with Gasteiger partial charge in [-0.1, -0.05) is 23.8 Å². The highest BCUT2D eigenvalue weighted by Gasteiger charge is 2.17. The third-order valence-electron chi connectivity index (χ3n) is 5.20. The number of nitrogens with zero attached hydrogens (tertiary/aromatic N) is 2. The Morgan fingerprint density at radius 1 is 1.00 bits per heavy atom. The topological polar surface area (TPSA) is 105 Å². The minimum Gasteiger partial charge on any atom is -0.352 e. The maximum absolute atomic E-state index is 13.4. The Hall–Kier alpha value is -4.27. The van der Waals surface area contributed by atoms with Crippen LogP contribution in [0.1, 0.15) is 27.9 Å². The minimum absolute atomic E-state index is 0.122. The van der Waals surface area contributed by atoms with Gasteiger partial charge in [0.1, 0.15) is 5.82 Å². The number of amides is 3. The van der Waals surface area contributed by atoms with Crippen molar-refractivity contribution in [1.29, 1.82) is 0 Å². The molecule has 0 radical (unpaired) electrons. The molecular weight excluding hydrogens is 439 g/mol. The van der Waals surface area contributed by atoms with Gasteiger partial charge < -0.3 is 10.6 Å². The Morgan fingerprint density at radius 2 is 1.68 bits per heavy atom. The van der Waals surface area contributed by atoms with Gasteiger partial charge >= 0.3 is 6.03 Å². The molecule has 3 amide bonds. The van der Waals surface area contributed by atoms with Crippen LogP contribution < -0.4 is 15.5 Å². The van der Waals surface area contributed by atoms with Gasteiger partial charge in [-0.05, 0) is 62.7 Å². The Balaban J connectivity index is 1.63. The van der Waals surface area contributed by atoms with Gasteiger partial charge in [-0.15, -0.1) is 0 Å². The summed E-state index contributed by atoms with van der Waals surface area (Å²) in [5, 5.41) is 16.6. The Kier molecular flexibility index (Phi) is 7.92. The van der Waals surface area contributed by atoms with Crippen LogP contribution in [0.3, 0.4) is 0 Å². The zero-order chi connectivity index (χ0) is 24.7. The third-order valence-corrected chi connectivity index (χ3v) is 5.20. The first-order valence-corrected chi connectivity index (χ1v) is 10.7. The number of urea groups is 1. The lowest BCUT2D eigenvalue weighted by Gasteiger charge is -2.23. The van der Waals surface area contributed by atoms with Gasteiger partial charge in [0.05, 0.1) is 4.92 Å². The molecule has 8 nitrogen and oxygen atoms in total. The van der Waals surface area contributed by atoms with Gasteiger partial charge in [0.25, 0.3) is 11.6 Å². The molecule has 34 heavy (non-hydrogen) atoms. The van der Waals surface area contributed by atoms with E-state index in [1.807, 2.05) is 19.1 Å². The normalized spacial score (nSPS) is 10.4. The van der Waals surface area contributed by atoms with Crippen LogP contribution in [-0.2, 0) is 0 Å². The molecule has 176 valence electrons. The fraction of sp³-hybridized carbons (Fsp3) is 0.200. The zero-order valence-electron chi connectivity index (χ0n) is 18.9. The second-order valence-electron chi connectivity index (χ2n) is 7.79. The van der Waals surface area contributed by atoms with Gasteiger partial charge in [0, 0.05) is 41.7 Å². The maximum Gasteiger partial charge on any atom is 0.326 e. The highest BCUT2D eigenvalue weighted by atomic mass is 19.1. The van der Waals surface area contributed by atoms with Crippen LogP contribution in [0.5, 0.6) is 0 Å². The van der Waals surface area contributed by atoms with Crippen molar-refractivity contribution in [3.63, 3.8) is 0 Å². The number of benzene rings is 3. The van der Waals surface area contributed by atoms with Crippen LogP contribution in [-0.4, -0.2) is 30.0 Å². The second kappa shape index (κ2) is 11.0. The summed E-state index contributed by atoms with van der Waals surface area (Å²) in [5.41, 5.74) is 2.72. The summed E-state index contributed by atoms with van der Waals surface area (Å²) in [6, 6.07) is 16.8. The maximum atomic E-state index is 13.4. The Labute approximate surface area is 196 Å². The van der Waals surface area contributed by atoms with Crippen LogP contribution >= 0.6 is 0 Å². The molecule has 0 aliphatic heterocycles. The number of carbonyl (C=O) groups is 2. The third kappa shape index (κ3) is 6.38. The summed E-state index contributed by atoms with van der Waals surface area (Å²) in [7, 11) is 0. The first-order chi connectivity index (χ1) is 16.2. The van der Waals surface area contributed by atoms with Crippen molar-refractivity contribution < 1.29 is 18.9 Å². The number of nitrogens with one attached hydrogen (secondary N) is 2. The van der Waals surface area contributed by atoms with Crippen LogP contribution in [0.25, 0.3) is 0 Å².